The van der Waals surface area contributed by atoms with E-state index in [1.165, 1.54) is 11.3 Å². The summed E-state index contributed by atoms with van der Waals surface area (Å²) in [6, 6.07) is 5.52. The molecule has 1 heterocycles. The minimum atomic E-state index is -0.488. The van der Waals surface area contributed by atoms with Crippen LogP contribution < -0.4 is 11.1 Å². The summed E-state index contributed by atoms with van der Waals surface area (Å²) in [5, 5.41) is 3.44. The molecule has 0 aliphatic carbocycles. The second-order valence-electron chi connectivity index (χ2n) is 4.84. The number of thiazole rings is 1. The van der Waals surface area contributed by atoms with Crippen LogP contribution in [0.25, 0.3) is 10.2 Å². The highest BCUT2D eigenvalue weighted by Gasteiger charge is 2.20. The summed E-state index contributed by atoms with van der Waals surface area (Å²) in [5.41, 5.74) is 7.96. The molecule has 2 aromatic rings. The number of nitrogens with two attached hydrogens (primary N) is 1. The Balaban J connectivity index is 2.18. The van der Waals surface area contributed by atoms with E-state index in [-0.39, 0.29) is 11.8 Å². The Morgan fingerprint density at radius 2 is 2.26 bits per heavy atom. The molecule has 0 radical (unpaired) electrons. The van der Waals surface area contributed by atoms with Gasteiger partial charge in [0.1, 0.15) is 0 Å². The predicted octanol–water partition coefficient (Wildman–Crippen LogP) is 2.92. The molecule has 4 nitrogen and oxygen atoms in total. The highest BCUT2D eigenvalue weighted by molar-refractivity contribution is 7.22. The van der Waals surface area contributed by atoms with Gasteiger partial charge >= 0.3 is 0 Å². The Labute approximate surface area is 117 Å². The number of nitrogens with one attached hydrogen (secondary N) is 1. The normalized spacial score (nSPS) is 14.3. The lowest BCUT2D eigenvalue weighted by molar-refractivity contribution is -0.118. The van der Waals surface area contributed by atoms with Gasteiger partial charge in [-0.1, -0.05) is 43.7 Å². The highest BCUT2D eigenvalue weighted by atomic mass is 32.1. The van der Waals surface area contributed by atoms with Crippen molar-refractivity contribution in [3.05, 3.63) is 23.8 Å². The van der Waals surface area contributed by atoms with E-state index < -0.39 is 6.04 Å². The van der Waals surface area contributed by atoms with Crippen molar-refractivity contribution < 1.29 is 4.79 Å². The summed E-state index contributed by atoms with van der Waals surface area (Å²) in [4.78, 5) is 16.5. The molecule has 0 saturated heterocycles. The molecule has 102 valence electrons. The van der Waals surface area contributed by atoms with E-state index in [1.54, 1.807) is 0 Å². The smallest absolute Gasteiger partial charge is 0.243 e. The van der Waals surface area contributed by atoms with Gasteiger partial charge in [0.2, 0.25) is 5.91 Å². The summed E-state index contributed by atoms with van der Waals surface area (Å²) >= 11 is 1.48. The number of aryl methyl sites for hydroxylation is 1. The van der Waals surface area contributed by atoms with E-state index in [4.69, 9.17) is 5.73 Å². The fourth-order valence-corrected chi connectivity index (χ4v) is 2.79. The van der Waals surface area contributed by atoms with Crippen LogP contribution in [0.15, 0.2) is 18.2 Å². The van der Waals surface area contributed by atoms with Crippen LogP contribution in [0.2, 0.25) is 0 Å². The molecule has 2 unspecified atom stereocenters. The number of para-hydroxylation sites is 1. The molecule has 2 atom stereocenters. The molecule has 0 aliphatic heterocycles. The maximum absolute atomic E-state index is 12.0. The van der Waals surface area contributed by atoms with E-state index in [0.29, 0.717) is 5.13 Å². The molecular weight excluding hydrogens is 258 g/mol. The second-order valence-corrected chi connectivity index (χ2v) is 5.87. The predicted molar refractivity (Wildman–Crippen MR) is 80.4 cm³/mol. The molecule has 0 bridgehead atoms. The first-order valence-corrected chi connectivity index (χ1v) is 7.27. The summed E-state index contributed by atoms with van der Waals surface area (Å²) < 4.78 is 1.08. The molecule has 0 spiro atoms. The molecule has 3 N–H and O–H groups in total. The fourth-order valence-electron chi connectivity index (χ4n) is 1.84. The van der Waals surface area contributed by atoms with E-state index in [1.807, 2.05) is 39.0 Å². The van der Waals surface area contributed by atoms with Crippen LogP contribution >= 0.6 is 11.3 Å². The number of anilines is 1. The Hall–Kier alpha value is -1.46. The number of hydrogen-bond acceptors (Lipinski definition) is 4. The van der Waals surface area contributed by atoms with Gasteiger partial charge in [-0.25, -0.2) is 4.98 Å². The Morgan fingerprint density at radius 1 is 1.53 bits per heavy atom. The van der Waals surface area contributed by atoms with E-state index >= 15 is 0 Å². The van der Waals surface area contributed by atoms with Crippen molar-refractivity contribution in [2.75, 3.05) is 5.32 Å². The van der Waals surface area contributed by atoms with Crippen molar-refractivity contribution in [3.63, 3.8) is 0 Å². The average molecular weight is 277 g/mol. The minimum Gasteiger partial charge on any atom is -0.320 e. The van der Waals surface area contributed by atoms with Crippen molar-refractivity contribution in [1.29, 1.82) is 0 Å². The van der Waals surface area contributed by atoms with Crippen LogP contribution in [0, 0.1) is 12.8 Å². The second kappa shape index (κ2) is 5.67. The summed E-state index contributed by atoms with van der Waals surface area (Å²) in [5.74, 6) is 0.00201. The third-order valence-electron chi connectivity index (χ3n) is 3.41. The molecule has 1 amide bonds. The summed E-state index contributed by atoms with van der Waals surface area (Å²) in [7, 11) is 0. The minimum absolute atomic E-state index is 0.161. The van der Waals surface area contributed by atoms with Crippen molar-refractivity contribution in [2.24, 2.45) is 11.7 Å². The first-order valence-electron chi connectivity index (χ1n) is 6.45. The van der Waals surface area contributed by atoms with Gasteiger partial charge in [0.25, 0.3) is 0 Å². The topological polar surface area (TPSA) is 68.0 Å². The number of hydrogen-bond donors (Lipinski definition) is 2. The molecule has 1 aromatic carbocycles. The standard InChI is InChI=1S/C14H19N3OS/c1-4-8(2)11(15)13(18)17-14-16-12-9(3)6-5-7-10(12)19-14/h5-8,11H,4,15H2,1-3H3,(H,16,17,18). The third kappa shape index (κ3) is 2.93. The SMILES string of the molecule is CCC(C)C(N)C(=O)Nc1nc2c(C)cccc2s1. The van der Waals surface area contributed by atoms with Crippen LogP contribution in [0.5, 0.6) is 0 Å². The zero-order valence-corrected chi connectivity index (χ0v) is 12.3. The zero-order valence-electron chi connectivity index (χ0n) is 11.4. The van der Waals surface area contributed by atoms with Gasteiger partial charge in [-0.3, -0.25) is 4.79 Å². The summed E-state index contributed by atoms with van der Waals surface area (Å²) in [6.07, 6.45) is 0.882. The van der Waals surface area contributed by atoms with Crippen LogP contribution in [-0.4, -0.2) is 16.9 Å². The summed E-state index contributed by atoms with van der Waals surface area (Å²) in [6.45, 7) is 6.02. The number of benzene rings is 1. The first-order chi connectivity index (χ1) is 9.02. The molecule has 2 rings (SSSR count). The van der Waals surface area contributed by atoms with Crippen molar-refractivity contribution in [2.45, 2.75) is 33.2 Å². The molecule has 0 fully saturated rings. The molecule has 0 saturated carbocycles. The number of fused-ring (bicyclic) bond motifs is 1. The van der Waals surface area contributed by atoms with E-state index in [2.05, 4.69) is 10.3 Å². The molecule has 19 heavy (non-hydrogen) atoms. The molecule has 5 heteroatoms. The van der Waals surface area contributed by atoms with Gasteiger partial charge in [-0.2, -0.15) is 0 Å². The number of carbonyl (C=O) groups excluding carboxylic acids is 1. The average Bonchev–Trinajstić information content (AvgIpc) is 2.80. The first kappa shape index (κ1) is 14.0. The Bertz CT molecular complexity index is 593. The van der Waals surface area contributed by atoms with Crippen LogP contribution in [-0.2, 0) is 4.79 Å². The maximum atomic E-state index is 12.0. The number of nitrogens with zero attached hydrogens (tertiary/aromatic N) is 1. The molecule has 0 aliphatic rings. The van der Waals surface area contributed by atoms with Crippen molar-refractivity contribution in [1.82, 2.24) is 4.98 Å². The Morgan fingerprint density at radius 3 is 2.89 bits per heavy atom. The monoisotopic (exact) mass is 277 g/mol. The third-order valence-corrected chi connectivity index (χ3v) is 4.35. The quantitative estimate of drug-likeness (QED) is 0.903. The maximum Gasteiger partial charge on any atom is 0.243 e. The number of rotatable bonds is 4. The lowest BCUT2D eigenvalue weighted by atomic mass is 10.00. The number of aromatic nitrogens is 1. The van der Waals surface area contributed by atoms with Crippen LogP contribution in [0.3, 0.4) is 0 Å². The van der Waals surface area contributed by atoms with Crippen LogP contribution in [0.1, 0.15) is 25.8 Å². The molecule has 1 aromatic heterocycles. The van der Waals surface area contributed by atoms with E-state index in [9.17, 15) is 4.79 Å². The lowest BCUT2D eigenvalue weighted by Crippen LogP contribution is -2.40. The zero-order chi connectivity index (χ0) is 14.0. The van der Waals surface area contributed by atoms with Crippen LogP contribution in [0.4, 0.5) is 5.13 Å². The lowest BCUT2D eigenvalue weighted by Gasteiger charge is -2.16. The highest BCUT2D eigenvalue weighted by Crippen LogP contribution is 2.28. The van der Waals surface area contributed by atoms with Crippen molar-refractivity contribution >= 4 is 32.6 Å². The number of carbonyl (C=O) groups is 1. The van der Waals surface area contributed by atoms with Gasteiger partial charge in [0.15, 0.2) is 5.13 Å². The van der Waals surface area contributed by atoms with Gasteiger partial charge in [-0.05, 0) is 24.5 Å². The van der Waals surface area contributed by atoms with Gasteiger partial charge in [-0.15, -0.1) is 0 Å². The number of amides is 1. The fraction of sp³-hybridized carbons (Fsp3) is 0.429. The molecular formula is C14H19N3OS. The Kier molecular flexibility index (Phi) is 4.17. The van der Waals surface area contributed by atoms with Gasteiger partial charge in [0.05, 0.1) is 16.3 Å². The van der Waals surface area contributed by atoms with Gasteiger partial charge in [0, 0.05) is 0 Å². The largest absolute Gasteiger partial charge is 0.320 e. The van der Waals surface area contributed by atoms with E-state index in [0.717, 1.165) is 22.2 Å². The van der Waals surface area contributed by atoms with Gasteiger partial charge < -0.3 is 11.1 Å². The van der Waals surface area contributed by atoms with Crippen molar-refractivity contribution in [3.8, 4) is 0 Å².